The second-order valence-electron chi connectivity index (χ2n) is 19.5. The number of ketones is 1. The molecular weight excluding hydrogens is 1030 g/mol. The Labute approximate surface area is 458 Å². The smallest absolute Gasteiger partial charge is 0.326 e. The Morgan fingerprint density at radius 2 is 1.05 bits per heavy atom. The molecule has 0 aromatic heterocycles. The fourth-order valence-electron chi connectivity index (χ4n) is 8.68. The van der Waals surface area contributed by atoms with Crippen LogP contribution in [0.1, 0.15) is 98.2 Å². The Morgan fingerprint density at radius 3 is 1.56 bits per heavy atom. The van der Waals surface area contributed by atoms with E-state index in [1.54, 1.807) is 48.8 Å². The SMILES string of the molecule is CC(=O)[C@@H](CCC(=O)O)NC(=O)N[C@H](CCCCN(Cc1ccc(C)cc1)C(=O)c1ccc(CNC(=O)CCCCNC(=O)CCC(C(=O)O)N2CCN(CC(=O)O)CCN(CC(=O)O)CCN(CC(=O)O)CC2)cc1)C(=O)O. The molecule has 1 saturated heterocycles. The first kappa shape index (κ1) is 65.7. The fourth-order valence-corrected chi connectivity index (χ4v) is 8.68. The van der Waals surface area contributed by atoms with Crippen LogP contribution in [0, 0.1) is 6.92 Å². The van der Waals surface area contributed by atoms with Gasteiger partial charge in [0.1, 0.15) is 12.1 Å². The van der Waals surface area contributed by atoms with Crippen molar-refractivity contribution in [1.82, 2.24) is 45.8 Å². The Balaban J connectivity index is 1.49. The normalized spacial score (nSPS) is 15.2. The summed E-state index contributed by atoms with van der Waals surface area (Å²) in [5.41, 5.74) is 3.00. The molecule has 2 aromatic carbocycles. The summed E-state index contributed by atoms with van der Waals surface area (Å²) in [6.45, 7) is 4.02. The molecule has 1 unspecified atom stereocenters. The van der Waals surface area contributed by atoms with E-state index in [-0.39, 0.29) is 149 Å². The molecule has 26 nitrogen and oxygen atoms in total. The molecule has 5 amide bonds. The standard InChI is InChI=1S/C53H77N9O17/c1-36-9-11-39(12-10-36)32-62(22-6-4-7-42(51(75)76)57-53(79)56-41(37(2)63)17-20-46(66)67)50(74)40-15-13-38(14-16-40)31-55-44(64)8-3-5-21-54-45(65)19-18-43(52(77)78)61-29-27-59(34-48(70)71)25-23-58(33-47(68)69)24-26-60(28-30-61)35-49(72)73/h9-16,41-43H,3-8,17-35H2,1-2H3,(H,54,65)(H,55,64)(H,66,67)(H,68,69)(H,70,71)(H,72,73)(H,75,76)(H,77,78)(H2,56,57,79)/t41-,42-,43?/m1/s1. The molecule has 79 heavy (non-hydrogen) atoms. The van der Waals surface area contributed by atoms with Crippen molar-refractivity contribution in [1.29, 1.82) is 0 Å². The van der Waals surface area contributed by atoms with Crippen LogP contribution in [0.25, 0.3) is 0 Å². The highest BCUT2D eigenvalue weighted by molar-refractivity contribution is 5.94. The van der Waals surface area contributed by atoms with Gasteiger partial charge in [0.15, 0.2) is 5.78 Å². The molecule has 2 aromatic rings. The van der Waals surface area contributed by atoms with Crippen LogP contribution in [-0.4, -0.2) is 224 Å². The van der Waals surface area contributed by atoms with Crippen LogP contribution in [0.3, 0.4) is 0 Å². The molecule has 0 saturated carbocycles. The van der Waals surface area contributed by atoms with Crippen molar-refractivity contribution in [2.24, 2.45) is 0 Å². The molecule has 436 valence electrons. The highest BCUT2D eigenvalue weighted by atomic mass is 16.4. The second kappa shape index (κ2) is 35.1. The molecular formula is C53H77N9O17. The number of amides is 5. The highest BCUT2D eigenvalue weighted by Gasteiger charge is 2.29. The molecule has 3 atom stereocenters. The quantitative estimate of drug-likeness (QED) is 0.0446. The van der Waals surface area contributed by atoms with E-state index in [0.29, 0.717) is 31.2 Å². The summed E-state index contributed by atoms with van der Waals surface area (Å²) in [4.78, 5) is 142. The summed E-state index contributed by atoms with van der Waals surface area (Å²) >= 11 is 0. The predicted molar refractivity (Wildman–Crippen MR) is 284 cm³/mol. The van der Waals surface area contributed by atoms with Gasteiger partial charge >= 0.3 is 41.8 Å². The molecule has 1 aliphatic heterocycles. The van der Waals surface area contributed by atoms with Crippen LogP contribution < -0.4 is 21.3 Å². The highest BCUT2D eigenvalue weighted by Crippen LogP contribution is 2.16. The zero-order valence-corrected chi connectivity index (χ0v) is 44.9. The lowest BCUT2D eigenvalue weighted by Gasteiger charge is -2.35. The number of carbonyl (C=O) groups is 11. The number of unbranched alkanes of at least 4 members (excludes halogenated alkanes) is 2. The largest absolute Gasteiger partial charge is 0.481 e. The second-order valence-corrected chi connectivity index (χ2v) is 19.5. The van der Waals surface area contributed by atoms with Crippen LogP contribution in [-0.2, 0) is 56.2 Å². The number of nitrogens with one attached hydrogen (secondary N) is 4. The minimum atomic E-state index is -1.32. The minimum absolute atomic E-state index is 0.00717. The van der Waals surface area contributed by atoms with Crippen molar-refractivity contribution in [2.75, 3.05) is 85.1 Å². The molecule has 1 heterocycles. The summed E-state index contributed by atoms with van der Waals surface area (Å²) in [6.07, 6.45) is 0.922. The van der Waals surface area contributed by atoms with E-state index in [2.05, 4.69) is 21.3 Å². The summed E-state index contributed by atoms with van der Waals surface area (Å²) < 4.78 is 0. The number of hydrogen-bond acceptors (Lipinski definition) is 15. The van der Waals surface area contributed by atoms with E-state index >= 15 is 0 Å². The average molecular weight is 1110 g/mol. The van der Waals surface area contributed by atoms with Gasteiger partial charge in [0.2, 0.25) is 11.8 Å². The number of aryl methyl sites for hydroxylation is 1. The van der Waals surface area contributed by atoms with Crippen molar-refractivity contribution in [3.8, 4) is 0 Å². The number of urea groups is 1. The number of rotatable bonds is 33. The first-order chi connectivity index (χ1) is 37.5. The number of nitrogens with zero attached hydrogens (tertiary/aromatic N) is 5. The maximum atomic E-state index is 13.9. The van der Waals surface area contributed by atoms with Gasteiger partial charge in [-0.3, -0.25) is 62.8 Å². The number of hydrogen-bond donors (Lipinski definition) is 10. The van der Waals surface area contributed by atoms with E-state index in [4.69, 9.17) is 5.11 Å². The van der Waals surface area contributed by atoms with Gasteiger partial charge in [-0.05, 0) is 82.1 Å². The fraction of sp³-hybridized carbons (Fsp3) is 0.566. The molecule has 0 bridgehead atoms. The molecule has 0 aliphatic carbocycles. The summed E-state index contributed by atoms with van der Waals surface area (Å²) in [5, 5.41) is 67.7. The molecule has 3 rings (SSSR count). The number of carboxylic acid groups (broad SMARTS) is 6. The maximum absolute atomic E-state index is 13.9. The Bertz CT molecular complexity index is 2340. The Kier molecular flexibility index (Phi) is 29.2. The third kappa shape index (κ3) is 27.1. The van der Waals surface area contributed by atoms with Gasteiger partial charge in [0.05, 0.1) is 25.7 Å². The van der Waals surface area contributed by atoms with Crippen LogP contribution in [0.2, 0.25) is 0 Å². The average Bonchev–Trinajstić information content (AvgIpc) is 3.38. The zero-order chi connectivity index (χ0) is 58.4. The van der Waals surface area contributed by atoms with Crippen molar-refractivity contribution < 1.29 is 83.4 Å². The third-order valence-electron chi connectivity index (χ3n) is 13.2. The van der Waals surface area contributed by atoms with Crippen LogP contribution in [0.5, 0.6) is 0 Å². The maximum Gasteiger partial charge on any atom is 0.326 e. The zero-order valence-electron chi connectivity index (χ0n) is 44.9. The number of carbonyl (C=O) groups excluding carboxylic acids is 5. The molecule has 26 heteroatoms. The lowest BCUT2D eigenvalue weighted by Crippen LogP contribution is -2.52. The predicted octanol–water partition coefficient (Wildman–Crippen LogP) is 0.994. The number of carboxylic acids is 6. The van der Waals surface area contributed by atoms with Crippen molar-refractivity contribution in [2.45, 2.75) is 109 Å². The van der Waals surface area contributed by atoms with Gasteiger partial charge in [-0.15, -0.1) is 0 Å². The van der Waals surface area contributed by atoms with E-state index in [1.807, 2.05) is 31.2 Å². The topological polar surface area (TPSA) is 373 Å². The lowest BCUT2D eigenvalue weighted by atomic mass is 10.1. The van der Waals surface area contributed by atoms with Crippen molar-refractivity contribution >= 4 is 65.4 Å². The first-order valence-electron chi connectivity index (χ1n) is 26.3. The van der Waals surface area contributed by atoms with E-state index < -0.39 is 71.7 Å². The summed E-state index contributed by atoms with van der Waals surface area (Å²) in [7, 11) is 0. The van der Waals surface area contributed by atoms with E-state index in [9.17, 15) is 78.3 Å². The van der Waals surface area contributed by atoms with Crippen molar-refractivity contribution in [3.63, 3.8) is 0 Å². The van der Waals surface area contributed by atoms with Crippen molar-refractivity contribution in [3.05, 3.63) is 70.8 Å². The number of benzene rings is 2. The van der Waals surface area contributed by atoms with Gasteiger partial charge in [-0.1, -0.05) is 42.0 Å². The van der Waals surface area contributed by atoms with Gasteiger partial charge in [-0.25, -0.2) is 9.59 Å². The minimum Gasteiger partial charge on any atom is -0.481 e. The molecule has 1 fully saturated rings. The molecule has 0 radical (unpaired) electrons. The van der Waals surface area contributed by atoms with E-state index in [0.717, 1.165) is 16.7 Å². The number of aliphatic carboxylic acids is 6. The first-order valence-corrected chi connectivity index (χ1v) is 26.3. The summed E-state index contributed by atoms with van der Waals surface area (Å²) in [5.74, 6) is -8.44. The monoisotopic (exact) mass is 1110 g/mol. The number of Topliss-reactive ketones (excluding diaryl/α,β-unsaturated/α-hetero) is 1. The van der Waals surface area contributed by atoms with Crippen LogP contribution >= 0.6 is 0 Å². The van der Waals surface area contributed by atoms with Gasteiger partial charge < -0.3 is 56.8 Å². The summed E-state index contributed by atoms with van der Waals surface area (Å²) in [6, 6.07) is 9.87. The van der Waals surface area contributed by atoms with Crippen LogP contribution in [0.4, 0.5) is 4.79 Å². The Morgan fingerprint density at radius 1 is 0.532 bits per heavy atom. The van der Waals surface area contributed by atoms with Crippen LogP contribution in [0.15, 0.2) is 48.5 Å². The van der Waals surface area contributed by atoms with Gasteiger partial charge in [-0.2, -0.15) is 0 Å². The lowest BCUT2D eigenvalue weighted by molar-refractivity contribution is -0.145. The molecule has 10 N–H and O–H groups in total. The van der Waals surface area contributed by atoms with E-state index in [1.165, 1.54) is 6.92 Å². The molecule has 1 aliphatic rings. The van der Waals surface area contributed by atoms with Gasteiger partial charge in [0, 0.05) is 103 Å². The third-order valence-corrected chi connectivity index (χ3v) is 13.2. The molecule has 0 spiro atoms. The van der Waals surface area contributed by atoms with Gasteiger partial charge in [0.25, 0.3) is 5.91 Å². The Hall–Kier alpha value is -7.55.